The zero-order valence-corrected chi connectivity index (χ0v) is 17.6. The quantitative estimate of drug-likeness (QED) is 0.602. The highest BCUT2D eigenvalue weighted by Gasteiger charge is 2.18. The van der Waals surface area contributed by atoms with E-state index in [0.717, 1.165) is 12.2 Å². The number of halogens is 2. The molecule has 2 aromatic rings. The molecule has 1 aliphatic heterocycles. The molecule has 1 N–H and O–H groups in total. The predicted octanol–water partition coefficient (Wildman–Crippen LogP) is 6.03. The van der Waals surface area contributed by atoms with Crippen LogP contribution >= 0.6 is 23.2 Å². The molecule has 0 bridgehead atoms. The van der Waals surface area contributed by atoms with Gasteiger partial charge in [-0.05, 0) is 68.7 Å². The average molecular weight is 419 g/mol. The van der Waals surface area contributed by atoms with Crippen molar-refractivity contribution in [2.24, 2.45) is 0 Å². The SMILES string of the molecule is COc1c(Cl)cc(Cl)cc1/C=C/C(=O)Nc1ccc(N2CCCC[C@@H]2C)cc1. The molecule has 28 heavy (non-hydrogen) atoms. The number of amides is 1. The maximum atomic E-state index is 12.3. The Morgan fingerprint density at radius 1 is 1.21 bits per heavy atom. The highest BCUT2D eigenvalue weighted by molar-refractivity contribution is 6.36. The van der Waals surface area contributed by atoms with E-state index >= 15 is 0 Å². The van der Waals surface area contributed by atoms with Crippen LogP contribution in [0.15, 0.2) is 42.5 Å². The lowest BCUT2D eigenvalue weighted by Gasteiger charge is -2.35. The Morgan fingerprint density at radius 2 is 1.96 bits per heavy atom. The number of carbonyl (C=O) groups is 1. The van der Waals surface area contributed by atoms with Gasteiger partial charge in [-0.1, -0.05) is 23.2 Å². The Kier molecular flexibility index (Phi) is 6.87. The summed E-state index contributed by atoms with van der Waals surface area (Å²) in [5.41, 5.74) is 2.59. The maximum Gasteiger partial charge on any atom is 0.248 e. The third kappa shape index (κ3) is 5.00. The van der Waals surface area contributed by atoms with Crippen LogP contribution in [0.1, 0.15) is 31.7 Å². The highest BCUT2D eigenvalue weighted by atomic mass is 35.5. The van der Waals surface area contributed by atoms with Crippen molar-refractivity contribution >= 4 is 46.6 Å². The smallest absolute Gasteiger partial charge is 0.248 e. The fourth-order valence-electron chi connectivity index (χ4n) is 3.49. The van der Waals surface area contributed by atoms with Crippen molar-refractivity contribution in [3.8, 4) is 5.75 Å². The number of nitrogens with zero attached hydrogens (tertiary/aromatic N) is 1. The molecular formula is C22H24Cl2N2O2. The van der Waals surface area contributed by atoms with E-state index in [9.17, 15) is 4.79 Å². The normalized spacial score (nSPS) is 17.0. The van der Waals surface area contributed by atoms with E-state index < -0.39 is 0 Å². The van der Waals surface area contributed by atoms with E-state index in [0.29, 0.717) is 27.4 Å². The second kappa shape index (κ2) is 9.35. The number of piperidine rings is 1. The standard InChI is InChI=1S/C22H24Cl2N2O2/c1-15-5-3-4-12-26(15)19-9-7-18(8-10-19)25-21(27)11-6-16-13-17(23)14-20(24)22(16)28-2/h6-11,13-15H,3-5,12H2,1-2H3,(H,25,27)/b11-6+/t15-/m0/s1. The molecule has 1 amide bonds. The fraction of sp³-hybridized carbons (Fsp3) is 0.318. The Balaban J connectivity index is 1.66. The minimum absolute atomic E-state index is 0.239. The maximum absolute atomic E-state index is 12.3. The van der Waals surface area contributed by atoms with Crippen LogP contribution in [0.5, 0.6) is 5.75 Å². The molecule has 3 rings (SSSR count). The van der Waals surface area contributed by atoms with Crippen molar-refractivity contribution in [1.82, 2.24) is 0 Å². The van der Waals surface area contributed by atoms with Crippen LogP contribution in [-0.2, 0) is 4.79 Å². The summed E-state index contributed by atoms with van der Waals surface area (Å²) in [6.07, 6.45) is 6.81. The molecular weight excluding hydrogens is 395 g/mol. The molecule has 0 saturated carbocycles. The van der Waals surface area contributed by atoms with E-state index in [1.165, 1.54) is 38.1 Å². The molecule has 0 radical (unpaired) electrons. The van der Waals surface area contributed by atoms with Crippen molar-refractivity contribution < 1.29 is 9.53 Å². The first-order valence-electron chi connectivity index (χ1n) is 9.36. The number of benzene rings is 2. The summed E-state index contributed by atoms with van der Waals surface area (Å²) in [6, 6.07) is 11.8. The van der Waals surface area contributed by atoms with Gasteiger partial charge < -0.3 is 15.0 Å². The lowest BCUT2D eigenvalue weighted by atomic mass is 10.0. The minimum Gasteiger partial charge on any atom is -0.495 e. The molecule has 1 saturated heterocycles. The van der Waals surface area contributed by atoms with Crippen LogP contribution in [0.2, 0.25) is 10.0 Å². The first-order valence-corrected chi connectivity index (χ1v) is 10.1. The first kappa shape index (κ1) is 20.6. The monoisotopic (exact) mass is 418 g/mol. The highest BCUT2D eigenvalue weighted by Crippen LogP contribution is 2.33. The third-order valence-electron chi connectivity index (χ3n) is 4.92. The second-order valence-electron chi connectivity index (χ2n) is 6.92. The van der Waals surface area contributed by atoms with Gasteiger partial charge in [0.2, 0.25) is 5.91 Å². The molecule has 1 atom stereocenters. The van der Waals surface area contributed by atoms with E-state index in [4.69, 9.17) is 27.9 Å². The van der Waals surface area contributed by atoms with E-state index in [-0.39, 0.29) is 5.91 Å². The summed E-state index contributed by atoms with van der Waals surface area (Å²) in [5.74, 6) is 0.243. The number of anilines is 2. The number of hydrogen-bond acceptors (Lipinski definition) is 3. The molecule has 0 aromatic heterocycles. The molecule has 1 aliphatic rings. The molecule has 2 aromatic carbocycles. The number of carbonyl (C=O) groups excluding carboxylic acids is 1. The van der Waals surface area contributed by atoms with Crippen LogP contribution in [0.4, 0.5) is 11.4 Å². The van der Waals surface area contributed by atoms with Gasteiger partial charge in [-0.15, -0.1) is 0 Å². The van der Waals surface area contributed by atoms with Gasteiger partial charge in [0.1, 0.15) is 5.75 Å². The first-order chi connectivity index (χ1) is 13.5. The lowest BCUT2D eigenvalue weighted by molar-refractivity contribution is -0.111. The number of ether oxygens (including phenoxy) is 1. The second-order valence-corrected chi connectivity index (χ2v) is 7.76. The summed E-state index contributed by atoms with van der Waals surface area (Å²) in [4.78, 5) is 14.7. The van der Waals surface area contributed by atoms with Gasteiger partial charge in [-0.25, -0.2) is 0 Å². The summed E-state index contributed by atoms with van der Waals surface area (Å²) in [5, 5.41) is 3.75. The van der Waals surface area contributed by atoms with Crippen LogP contribution in [-0.4, -0.2) is 25.6 Å². The van der Waals surface area contributed by atoms with Gasteiger partial charge in [-0.3, -0.25) is 4.79 Å². The molecule has 0 unspecified atom stereocenters. The van der Waals surface area contributed by atoms with Crippen molar-refractivity contribution in [3.63, 3.8) is 0 Å². The average Bonchev–Trinajstić information content (AvgIpc) is 2.67. The lowest BCUT2D eigenvalue weighted by Crippen LogP contribution is -2.37. The van der Waals surface area contributed by atoms with Crippen molar-refractivity contribution in [1.29, 1.82) is 0 Å². The van der Waals surface area contributed by atoms with Crippen LogP contribution < -0.4 is 15.0 Å². The summed E-state index contributed by atoms with van der Waals surface area (Å²) in [7, 11) is 1.53. The molecule has 148 valence electrons. The van der Waals surface area contributed by atoms with Crippen molar-refractivity contribution in [2.75, 3.05) is 23.9 Å². The molecule has 1 heterocycles. The summed E-state index contributed by atoms with van der Waals surface area (Å²) in [6.45, 7) is 3.34. The topological polar surface area (TPSA) is 41.6 Å². The van der Waals surface area contributed by atoms with Gasteiger partial charge in [0.25, 0.3) is 0 Å². The number of rotatable bonds is 5. The van der Waals surface area contributed by atoms with Gasteiger partial charge in [0.15, 0.2) is 0 Å². The molecule has 4 nitrogen and oxygen atoms in total. The zero-order valence-electron chi connectivity index (χ0n) is 16.0. The molecule has 1 fully saturated rings. The van der Waals surface area contributed by atoms with Crippen LogP contribution in [0.25, 0.3) is 6.08 Å². The Morgan fingerprint density at radius 3 is 2.64 bits per heavy atom. The van der Waals surface area contributed by atoms with E-state index in [1.807, 2.05) is 12.1 Å². The van der Waals surface area contributed by atoms with Gasteiger partial charge in [0, 0.05) is 40.6 Å². The van der Waals surface area contributed by atoms with Gasteiger partial charge in [-0.2, -0.15) is 0 Å². The minimum atomic E-state index is -0.239. The van der Waals surface area contributed by atoms with Crippen molar-refractivity contribution in [2.45, 2.75) is 32.2 Å². The molecule has 0 spiro atoms. The third-order valence-corrected chi connectivity index (χ3v) is 5.42. The Labute approximate surface area is 176 Å². The van der Waals surface area contributed by atoms with Crippen LogP contribution in [0, 0.1) is 0 Å². The summed E-state index contributed by atoms with van der Waals surface area (Å²) < 4.78 is 5.28. The predicted molar refractivity (Wildman–Crippen MR) is 118 cm³/mol. The van der Waals surface area contributed by atoms with Gasteiger partial charge in [0.05, 0.1) is 12.1 Å². The number of methoxy groups -OCH3 is 1. The fourth-order valence-corrected chi connectivity index (χ4v) is 4.07. The van der Waals surface area contributed by atoms with Gasteiger partial charge >= 0.3 is 0 Å². The van der Waals surface area contributed by atoms with E-state index in [2.05, 4.69) is 29.3 Å². The van der Waals surface area contributed by atoms with Crippen molar-refractivity contribution in [3.05, 3.63) is 58.1 Å². The number of hydrogen-bond donors (Lipinski definition) is 1. The Bertz CT molecular complexity index is 866. The zero-order chi connectivity index (χ0) is 20.1. The van der Waals surface area contributed by atoms with E-state index in [1.54, 1.807) is 18.2 Å². The number of nitrogens with one attached hydrogen (secondary N) is 1. The largest absolute Gasteiger partial charge is 0.495 e. The molecule has 0 aliphatic carbocycles. The molecule has 6 heteroatoms. The Hall–Kier alpha value is -2.17. The summed E-state index contributed by atoms with van der Waals surface area (Å²) >= 11 is 12.2. The van der Waals surface area contributed by atoms with Crippen LogP contribution in [0.3, 0.4) is 0 Å².